The Morgan fingerprint density at radius 2 is 1.35 bits per heavy atom. The fraction of sp³-hybridized carbons (Fsp3) is 0.400. The predicted octanol–water partition coefficient (Wildman–Crippen LogP) is 3.57. The summed E-state index contributed by atoms with van der Waals surface area (Å²) in [5, 5.41) is -5.24. The van der Waals surface area contributed by atoms with Gasteiger partial charge in [0.2, 0.25) is 0 Å². The standard InChI is InChI=1S/C10H9F5OS/c1-6-3-7(2)5-8(4-6)17(16)10(14,15)9(11,12)13/h3-5H,1-2H3. The van der Waals surface area contributed by atoms with Gasteiger partial charge >= 0.3 is 11.4 Å². The molecule has 1 aromatic rings. The van der Waals surface area contributed by atoms with Crippen LogP contribution < -0.4 is 0 Å². The van der Waals surface area contributed by atoms with Gasteiger partial charge in [-0.25, -0.2) is 4.21 Å². The summed E-state index contributed by atoms with van der Waals surface area (Å²) in [5.74, 6) is 0. The van der Waals surface area contributed by atoms with Crippen LogP contribution >= 0.6 is 0 Å². The van der Waals surface area contributed by atoms with Crippen molar-refractivity contribution in [2.24, 2.45) is 0 Å². The van der Waals surface area contributed by atoms with E-state index >= 15 is 0 Å². The van der Waals surface area contributed by atoms with Crippen molar-refractivity contribution in [1.82, 2.24) is 0 Å². The van der Waals surface area contributed by atoms with Crippen LogP contribution in [-0.2, 0) is 10.8 Å². The normalized spacial score (nSPS) is 14.8. The molecule has 1 rings (SSSR count). The summed E-state index contributed by atoms with van der Waals surface area (Å²) < 4.78 is 73.0. The van der Waals surface area contributed by atoms with E-state index < -0.39 is 27.1 Å². The molecule has 0 saturated heterocycles. The molecule has 17 heavy (non-hydrogen) atoms. The summed E-state index contributed by atoms with van der Waals surface area (Å²) in [6.07, 6.45) is -5.82. The molecular weight excluding hydrogens is 263 g/mol. The second-order valence-electron chi connectivity index (χ2n) is 3.61. The first-order valence-electron chi connectivity index (χ1n) is 4.50. The monoisotopic (exact) mass is 272 g/mol. The van der Waals surface area contributed by atoms with Crippen LogP contribution in [0.5, 0.6) is 0 Å². The highest BCUT2D eigenvalue weighted by Crippen LogP contribution is 2.40. The molecule has 96 valence electrons. The van der Waals surface area contributed by atoms with Crippen LogP contribution in [0.15, 0.2) is 23.1 Å². The molecule has 7 heteroatoms. The van der Waals surface area contributed by atoms with E-state index in [0.29, 0.717) is 11.1 Å². The summed E-state index contributed by atoms with van der Waals surface area (Å²) in [4.78, 5) is -0.523. The summed E-state index contributed by atoms with van der Waals surface area (Å²) in [7, 11) is -3.44. The smallest absolute Gasteiger partial charge is 0.248 e. The van der Waals surface area contributed by atoms with Gasteiger partial charge in [-0.05, 0) is 37.1 Å². The van der Waals surface area contributed by atoms with Crippen LogP contribution in [-0.4, -0.2) is 15.6 Å². The van der Waals surface area contributed by atoms with Crippen molar-refractivity contribution < 1.29 is 26.2 Å². The SMILES string of the molecule is Cc1cc(C)cc(S(=O)C(F)(F)C(F)(F)F)c1. The van der Waals surface area contributed by atoms with Crippen molar-refractivity contribution in [3.05, 3.63) is 29.3 Å². The van der Waals surface area contributed by atoms with Crippen LogP contribution in [0, 0.1) is 13.8 Å². The average Bonchev–Trinajstić information content (AvgIpc) is 2.13. The van der Waals surface area contributed by atoms with Crippen LogP contribution in [0.2, 0.25) is 0 Å². The number of halogens is 5. The second-order valence-corrected chi connectivity index (χ2v) is 5.13. The van der Waals surface area contributed by atoms with Crippen molar-refractivity contribution in [2.45, 2.75) is 30.2 Å². The molecule has 0 aromatic heterocycles. The van der Waals surface area contributed by atoms with E-state index in [1.807, 2.05) is 0 Å². The van der Waals surface area contributed by atoms with Crippen molar-refractivity contribution in [3.8, 4) is 0 Å². The lowest BCUT2D eigenvalue weighted by molar-refractivity contribution is -0.239. The Morgan fingerprint density at radius 1 is 0.941 bits per heavy atom. The number of hydrogen-bond acceptors (Lipinski definition) is 1. The summed E-state index contributed by atoms with van der Waals surface area (Å²) in [5.41, 5.74) is 0.956. The van der Waals surface area contributed by atoms with Gasteiger partial charge < -0.3 is 0 Å². The number of benzene rings is 1. The molecule has 0 amide bonds. The molecule has 0 heterocycles. The maximum Gasteiger partial charge on any atom is 0.467 e. The molecule has 0 radical (unpaired) electrons. The van der Waals surface area contributed by atoms with Gasteiger partial charge in [-0.2, -0.15) is 22.0 Å². The van der Waals surface area contributed by atoms with E-state index in [4.69, 9.17) is 0 Å². The lowest BCUT2D eigenvalue weighted by Gasteiger charge is -2.19. The van der Waals surface area contributed by atoms with Gasteiger partial charge in [0.1, 0.15) is 10.8 Å². The third kappa shape index (κ3) is 2.83. The second kappa shape index (κ2) is 4.36. The van der Waals surface area contributed by atoms with E-state index in [1.54, 1.807) is 6.07 Å². The fourth-order valence-electron chi connectivity index (χ4n) is 1.29. The molecule has 0 fully saturated rings. The van der Waals surface area contributed by atoms with Crippen molar-refractivity contribution in [3.63, 3.8) is 0 Å². The molecule has 1 unspecified atom stereocenters. The molecule has 0 aliphatic heterocycles. The van der Waals surface area contributed by atoms with Crippen molar-refractivity contribution in [2.75, 3.05) is 0 Å². The van der Waals surface area contributed by atoms with Gasteiger partial charge in [0.15, 0.2) is 0 Å². The molecule has 0 bridgehead atoms. The summed E-state index contributed by atoms with van der Waals surface area (Å²) >= 11 is 0. The zero-order valence-corrected chi connectivity index (χ0v) is 9.75. The minimum absolute atomic E-state index is 0.478. The van der Waals surface area contributed by atoms with Crippen molar-refractivity contribution >= 4 is 10.8 Å². The first kappa shape index (κ1) is 14.1. The Labute approximate surface area is 97.1 Å². The molecule has 0 aliphatic rings. The largest absolute Gasteiger partial charge is 0.467 e. The Hall–Kier alpha value is -0.980. The highest BCUT2D eigenvalue weighted by molar-refractivity contribution is 7.86. The molecular formula is C10H9F5OS. The maximum atomic E-state index is 12.8. The summed E-state index contributed by atoms with van der Waals surface area (Å²) in [6, 6.07) is 3.71. The van der Waals surface area contributed by atoms with Gasteiger partial charge in [-0.3, -0.25) is 0 Å². The third-order valence-electron chi connectivity index (χ3n) is 1.97. The summed E-state index contributed by atoms with van der Waals surface area (Å²) in [6.45, 7) is 3.05. The van der Waals surface area contributed by atoms with Gasteiger partial charge in [-0.15, -0.1) is 0 Å². The molecule has 0 spiro atoms. The lowest BCUT2D eigenvalue weighted by atomic mass is 10.2. The molecule has 1 aromatic carbocycles. The molecule has 1 nitrogen and oxygen atoms in total. The Morgan fingerprint density at radius 3 is 1.71 bits per heavy atom. The number of alkyl halides is 5. The van der Waals surface area contributed by atoms with E-state index in [2.05, 4.69) is 0 Å². The Kier molecular flexibility index (Phi) is 3.61. The predicted molar refractivity (Wildman–Crippen MR) is 53.3 cm³/mol. The van der Waals surface area contributed by atoms with Gasteiger partial charge in [0.05, 0.1) is 0 Å². The number of aryl methyl sites for hydroxylation is 2. The van der Waals surface area contributed by atoms with E-state index in [1.165, 1.54) is 13.8 Å². The van der Waals surface area contributed by atoms with Gasteiger partial charge in [-0.1, -0.05) is 6.07 Å². The average molecular weight is 272 g/mol. The van der Waals surface area contributed by atoms with E-state index in [0.717, 1.165) is 12.1 Å². The van der Waals surface area contributed by atoms with Crippen LogP contribution in [0.4, 0.5) is 22.0 Å². The fourth-order valence-corrected chi connectivity index (χ4v) is 2.39. The zero-order valence-electron chi connectivity index (χ0n) is 8.94. The number of hydrogen-bond donors (Lipinski definition) is 0. The Balaban J connectivity index is 3.21. The molecule has 0 saturated carbocycles. The van der Waals surface area contributed by atoms with Gasteiger partial charge in [0.25, 0.3) is 0 Å². The van der Waals surface area contributed by atoms with Crippen LogP contribution in [0.25, 0.3) is 0 Å². The minimum Gasteiger partial charge on any atom is -0.248 e. The molecule has 0 aliphatic carbocycles. The highest BCUT2D eigenvalue weighted by atomic mass is 32.2. The van der Waals surface area contributed by atoms with E-state index in [-0.39, 0.29) is 0 Å². The Bertz CT molecular complexity index is 432. The van der Waals surface area contributed by atoms with Crippen molar-refractivity contribution in [1.29, 1.82) is 0 Å². The quantitative estimate of drug-likeness (QED) is 0.752. The van der Waals surface area contributed by atoms with Gasteiger partial charge in [0, 0.05) is 4.90 Å². The molecule has 0 N–H and O–H groups in total. The first-order valence-corrected chi connectivity index (χ1v) is 5.65. The topological polar surface area (TPSA) is 17.1 Å². The maximum absolute atomic E-state index is 12.8. The highest BCUT2D eigenvalue weighted by Gasteiger charge is 2.62. The van der Waals surface area contributed by atoms with Crippen LogP contribution in [0.3, 0.4) is 0 Å². The number of rotatable bonds is 2. The molecule has 1 atom stereocenters. The zero-order chi connectivity index (χ0) is 13.4. The lowest BCUT2D eigenvalue weighted by Crippen LogP contribution is -2.40. The third-order valence-corrected chi connectivity index (χ3v) is 3.33. The van der Waals surface area contributed by atoms with E-state index in [9.17, 15) is 26.2 Å². The van der Waals surface area contributed by atoms with Crippen LogP contribution in [0.1, 0.15) is 11.1 Å². The minimum atomic E-state index is -5.82. The first-order chi connectivity index (χ1) is 7.55.